The molecule has 0 bridgehead atoms. The molecule has 1 aliphatic rings. The summed E-state index contributed by atoms with van der Waals surface area (Å²) in [6.45, 7) is -0.553. The molecule has 21 heavy (non-hydrogen) atoms. The van der Waals surface area contributed by atoms with Gasteiger partial charge in [-0.3, -0.25) is 14.3 Å². The number of nitrogens with one attached hydrogen (secondary N) is 2. The van der Waals surface area contributed by atoms with Gasteiger partial charge in [-0.25, -0.2) is 0 Å². The van der Waals surface area contributed by atoms with Gasteiger partial charge in [0, 0.05) is 12.3 Å². The molecule has 0 amide bonds. The van der Waals surface area contributed by atoms with Crippen molar-refractivity contribution in [1.82, 2.24) is 15.0 Å². The molecule has 1 fully saturated rings. The van der Waals surface area contributed by atoms with Crippen molar-refractivity contribution in [3.05, 3.63) is 27.4 Å². The Hall–Kier alpha value is -1.14. The van der Waals surface area contributed by atoms with Gasteiger partial charge in [-0.05, 0) is 12.2 Å². The van der Waals surface area contributed by atoms with Crippen LogP contribution in [0.3, 0.4) is 0 Å². The highest BCUT2D eigenvalue weighted by molar-refractivity contribution is 7.71. The van der Waals surface area contributed by atoms with Gasteiger partial charge in [-0.2, -0.15) is 5.48 Å². The quantitative estimate of drug-likeness (QED) is 0.306. The van der Waals surface area contributed by atoms with Gasteiger partial charge >= 0.3 is 0 Å². The lowest BCUT2D eigenvalue weighted by Gasteiger charge is -2.34. The largest absolute Gasteiger partial charge is 0.394 e. The van der Waals surface area contributed by atoms with Crippen molar-refractivity contribution in [2.75, 3.05) is 20.3 Å². The Morgan fingerprint density at radius 1 is 1.62 bits per heavy atom. The summed E-state index contributed by atoms with van der Waals surface area (Å²) < 4.78 is 6.92. The molecule has 0 radical (unpaired) electrons. The minimum atomic E-state index is -1.52. The molecule has 10 heteroatoms. The summed E-state index contributed by atoms with van der Waals surface area (Å²) in [5, 5.41) is 29.6. The number of aromatic nitrogens is 2. The fraction of sp³-hybridized carbons (Fsp3) is 0.636. The highest BCUT2D eigenvalue weighted by atomic mass is 32.1. The summed E-state index contributed by atoms with van der Waals surface area (Å²) in [7, 11) is 1.38. The number of H-pyrrole nitrogens is 1. The third-order valence-corrected chi connectivity index (χ3v) is 3.70. The maximum atomic E-state index is 11.3. The molecule has 0 aliphatic carbocycles. The Morgan fingerprint density at radius 2 is 2.33 bits per heavy atom. The summed E-state index contributed by atoms with van der Waals surface area (Å²) in [6.07, 6.45) is -2.36. The van der Waals surface area contributed by atoms with Gasteiger partial charge < -0.3 is 24.9 Å². The molecule has 9 nitrogen and oxygen atoms in total. The Kier molecular flexibility index (Phi) is 4.88. The summed E-state index contributed by atoms with van der Waals surface area (Å²) >= 11 is 5.07. The molecule has 1 aromatic heterocycles. The number of nitrogens with zero attached hydrogens (tertiary/aromatic N) is 1. The van der Waals surface area contributed by atoms with E-state index < -0.39 is 36.2 Å². The first-order chi connectivity index (χ1) is 9.96. The van der Waals surface area contributed by atoms with Crippen LogP contribution >= 0.6 is 12.2 Å². The molecule has 2 rings (SSSR count). The van der Waals surface area contributed by atoms with Crippen LogP contribution in [0.4, 0.5) is 0 Å². The van der Waals surface area contributed by atoms with E-state index in [0.29, 0.717) is 0 Å². The maximum absolute atomic E-state index is 11.3. The molecule has 1 saturated heterocycles. The minimum Gasteiger partial charge on any atom is -0.394 e. The van der Waals surface area contributed by atoms with Crippen molar-refractivity contribution in [3.63, 3.8) is 0 Å². The summed E-state index contributed by atoms with van der Waals surface area (Å²) in [6, 6.07) is 1.21. The average molecular weight is 319 g/mol. The van der Waals surface area contributed by atoms with Crippen molar-refractivity contribution >= 4 is 12.2 Å². The molecule has 0 spiro atoms. The van der Waals surface area contributed by atoms with Crippen molar-refractivity contribution < 1.29 is 24.9 Å². The second kappa shape index (κ2) is 6.32. The zero-order chi connectivity index (χ0) is 15.6. The monoisotopic (exact) mass is 319 g/mol. The molecule has 1 aliphatic heterocycles. The molecule has 0 unspecified atom stereocenters. The Balaban J connectivity index is 2.52. The molecule has 118 valence electrons. The SMILES string of the molecule is CONC[C@@]1(n2ccc(=O)[nH]c2=S)O[C@H](CO)[C@@H](O)[C@H]1O. The van der Waals surface area contributed by atoms with Gasteiger partial charge in [0.2, 0.25) is 0 Å². The molecule has 0 saturated carbocycles. The number of rotatable bonds is 5. The van der Waals surface area contributed by atoms with Crippen LogP contribution in [0.15, 0.2) is 17.1 Å². The van der Waals surface area contributed by atoms with Crippen LogP contribution in [0.1, 0.15) is 0 Å². The fourth-order valence-corrected chi connectivity index (χ4v) is 2.65. The first kappa shape index (κ1) is 16.2. The summed E-state index contributed by atoms with van der Waals surface area (Å²) in [4.78, 5) is 18.4. The van der Waals surface area contributed by atoms with E-state index in [9.17, 15) is 20.1 Å². The number of aliphatic hydroxyl groups excluding tert-OH is 3. The van der Waals surface area contributed by atoms with Gasteiger partial charge in [-0.1, -0.05) is 0 Å². The average Bonchev–Trinajstić information content (AvgIpc) is 2.70. The predicted molar refractivity (Wildman–Crippen MR) is 72.8 cm³/mol. The van der Waals surface area contributed by atoms with E-state index in [1.54, 1.807) is 0 Å². The molecular formula is C11H17N3O6S. The zero-order valence-corrected chi connectivity index (χ0v) is 12.0. The Bertz CT molecular complexity index is 604. The predicted octanol–water partition coefficient (Wildman–Crippen LogP) is -2.18. The van der Waals surface area contributed by atoms with E-state index in [2.05, 4.69) is 10.5 Å². The van der Waals surface area contributed by atoms with Gasteiger partial charge in [0.1, 0.15) is 18.3 Å². The van der Waals surface area contributed by atoms with Crippen LogP contribution in [0, 0.1) is 4.77 Å². The molecule has 2 heterocycles. The number of hydrogen-bond acceptors (Lipinski definition) is 8. The normalized spacial score (nSPS) is 32.5. The number of hydrogen-bond donors (Lipinski definition) is 5. The summed E-state index contributed by atoms with van der Waals surface area (Å²) in [5.74, 6) is 0. The van der Waals surface area contributed by atoms with Crippen LogP contribution < -0.4 is 11.0 Å². The lowest BCUT2D eigenvalue weighted by molar-refractivity contribution is -0.161. The summed E-state index contributed by atoms with van der Waals surface area (Å²) in [5.41, 5.74) is 0.602. The van der Waals surface area contributed by atoms with E-state index in [-0.39, 0.29) is 11.3 Å². The smallest absolute Gasteiger partial charge is 0.251 e. The van der Waals surface area contributed by atoms with Crippen LogP contribution in [0.2, 0.25) is 0 Å². The number of ether oxygens (including phenoxy) is 1. The van der Waals surface area contributed by atoms with Crippen molar-refractivity contribution in [2.24, 2.45) is 0 Å². The van der Waals surface area contributed by atoms with Crippen LogP contribution in [-0.2, 0) is 15.3 Å². The second-order valence-electron chi connectivity index (χ2n) is 4.62. The highest BCUT2D eigenvalue weighted by Crippen LogP contribution is 2.35. The number of hydroxylamine groups is 1. The first-order valence-corrected chi connectivity index (χ1v) is 6.60. The van der Waals surface area contributed by atoms with Crippen molar-refractivity contribution in [1.29, 1.82) is 0 Å². The van der Waals surface area contributed by atoms with Crippen LogP contribution in [0.5, 0.6) is 0 Å². The zero-order valence-electron chi connectivity index (χ0n) is 11.2. The van der Waals surface area contributed by atoms with E-state index in [4.69, 9.17) is 21.8 Å². The molecule has 5 N–H and O–H groups in total. The number of aliphatic hydroxyl groups is 3. The van der Waals surface area contributed by atoms with E-state index >= 15 is 0 Å². The standard InChI is InChI=1S/C11H17N3O6S/c1-19-12-5-11(9(18)8(17)6(4-15)20-11)14-3-2-7(16)13-10(14)21/h2-3,6,8-9,12,15,17-18H,4-5H2,1H3,(H,13,16,21)/t6-,8-,9-,11-/m1/s1. The maximum Gasteiger partial charge on any atom is 0.251 e. The van der Waals surface area contributed by atoms with Crippen molar-refractivity contribution in [3.8, 4) is 0 Å². The van der Waals surface area contributed by atoms with Gasteiger partial charge in [0.25, 0.3) is 5.56 Å². The molecule has 0 aromatic carbocycles. The minimum absolute atomic E-state index is 0.00485. The lowest BCUT2D eigenvalue weighted by atomic mass is 10.0. The Morgan fingerprint density at radius 3 is 2.86 bits per heavy atom. The third-order valence-electron chi connectivity index (χ3n) is 3.40. The number of aromatic amines is 1. The lowest BCUT2D eigenvalue weighted by Crippen LogP contribution is -2.52. The molecule has 1 aromatic rings. The van der Waals surface area contributed by atoms with Crippen LogP contribution in [0.25, 0.3) is 0 Å². The molecule has 4 atom stereocenters. The van der Waals surface area contributed by atoms with Gasteiger partial charge in [0.05, 0.1) is 20.3 Å². The Labute approximate surface area is 124 Å². The topological polar surface area (TPSA) is 129 Å². The van der Waals surface area contributed by atoms with Crippen molar-refractivity contribution in [2.45, 2.75) is 24.0 Å². The fourth-order valence-electron chi connectivity index (χ4n) is 2.34. The van der Waals surface area contributed by atoms with Gasteiger partial charge in [-0.15, -0.1) is 0 Å². The van der Waals surface area contributed by atoms with E-state index in [1.807, 2.05) is 0 Å². The molecular weight excluding hydrogens is 302 g/mol. The van der Waals surface area contributed by atoms with Gasteiger partial charge in [0.15, 0.2) is 10.5 Å². The third kappa shape index (κ3) is 2.79. The second-order valence-corrected chi connectivity index (χ2v) is 5.01. The first-order valence-electron chi connectivity index (χ1n) is 6.19. The van der Waals surface area contributed by atoms with E-state index in [0.717, 1.165) is 0 Å². The highest BCUT2D eigenvalue weighted by Gasteiger charge is 2.55. The van der Waals surface area contributed by atoms with Crippen LogP contribution in [-0.4, -0.2) is 63.4 Å². The van der Waals surface area contributed by atoms with E-state index in [1.165, 1.54) is 23.9 Å².